The molecule has 0 saturated heterocycles. The van der Waals surface area contributed by atoms with Crippen LogP contribution in [0.2, 0.25) is 0 Å². The van der Waals surface area contributed by atoms with Crippen LogP contribution in [0, 0.1) is 0 Å². The van der Waals surface area contributed by atoms with Crippen LogP contribution in [-0.4, -0.2) is 22.2 Å². The second kappa shape index (κ2) is 4.70. The molecule has 1 N–H and O–H groups in total. The fourth-order valence-electron chi connectivity index (χ4n) is 1.01. The van der Waals surface area contributed by atoms with Crippen molar-refractivity contribution in [1.29, 1.82) is 0 Å². The van der Waals surface area contributed by atoms with E-state index < -0.39 is 5.97 Å². The van der Waals surface area contributed by atoms with Gasteiger partial charge in [0.2, 0.25) is 0 Å². The molecule has 0 fully saturated rings. The van der Waals surface area contributed by atoms with Crippen molar-refractivity contribution in [3.8, 4) is 0 Å². The van der Waals surface area contributed by atoms with E-state index in [-0.39, 0.29) is 22.2 Å². The van der Waals surface area contributed by atoms with Gasteiger partial charge in [0.15, 0.2) is 5.78 Å². The summed E-state index contributed by atoms with van der Waals surface area (Å²) < 4.78 is 0.640. The van der Waals surface area contributed by atoms with Gasteiger partial charge in [-0.25, -0.2) is 4.79 Å². The average molecular weight is 322 g/mol. The maximum Gasteiger partial charge on any atom is 0.336 e. The highest BCUT2D eigenvalue weighted by molar-refractivity contribution is 9.10. The zero-order valence-electron chi connectivity index (χ0n) is 6.96. The molecule has 0 atom stereocenters. The lowest BCUT2D eigenvalue weighted by Gasteiger charge is -2.03. The Labute approximate surface area is 97.4 Å². The first-order valence-corrected chi connectivity index (χ1v) is 5.59. The van der Waals surface area contributed by atoms with E-state index in [4.69, 9.17) is 5.11 Å². The maximum absolute atomic E-state index is 11.3. The van der Waals surface area contributed by atoms with Crippen LogP contribution >= 0.6 is 31.9 Å². The molecule has 0 aliphatic rings. The van der Waals surface area contributed by atoms with Crippen LogP contribution in [0.15, 0.2) is 22.7 Å². The molecule has 0 saturated carbocycles. The van der Waals surface area contributed by atoms with Crippen LogP contribution in [0.25, 0.3) is 0 Å². The molecule has 14 heavy (non-hydrogen) atoms. The van der Waals surface area contributed by atoms with E-state index in [9.17, 15) is 9.59 Å². The lowest BCUT2D eigenvalue weighted by atomic mass is 10.0. The first-order valence-electron chi connectivity index (χ1n) is 3.68. The summed E-state index contributed by atoms with van der Waals surface area (Å²) in [5.41, 5.74) is 0.237. The van der Waals surface area contributed by atoms with Gasteiger partial charge in [-0.3, -0.25) is 4.79 Å². The molecule has 0 aliphatic carbocycles. The number of rotatable bonds is 3. The van der Waals surface area contributed by atoms with Crippen molar-refractivity contribution in [2.75, 3.05) is 5.33 Å². The van der Waals surface area contributed by atoms with E-state index in [0.29, 0.717) is 4.47 Å². The molecule has 0 radical (unpaired) electrons. The monoisotopic (exact) mass is 320 g/mol. The standard InChI is InChI=1S/C9H6Br2O3/c10-4-8(12)6-2-1-5(11)3-7(6)9(13)14/h1-3H,4H2,(H,13,14). The number of halogens is 2. The minimum Gasteiger partial charge on any atom is -0.478 e. The third kappa shape index (κ3) is 2.42. The van der Waals surface area contributed by atoms with Gasteiger partial charge in [-0.2, -0.15) is 0 Å². The number of alkyl halides is 1. The Kier molecular flexibility index (Phi) is 3.83. The number of benzene rings is 1. The van der Waals surface area contributed by atoms with Gasteiger partial charge in [-0.15, -0.1) is 0 Å². The molecule has 0 unspecified atom stereocenters. The fraction of sp³-hybridized carbons (Fsp3) is 0.111. The normalized spacial score (nSPS) is 9.86. The Morgan fingerprint density at radius 2 is 1.93 bits per heavy atom. The second-order valence-electron chi connectivity index (χ2n) is 2.55. The third-order valence-electron chi connectivity index (χ3n) is 1.63. The zero-order valence-corrected chi connectivity index (χ0v) is 10.1. The Morgan fingerprint density at radius 3 is 2.43 bits per heavy atom. The van der Waals surface area contributed by atoms with Crippen LogP contribution in [-0.2, 0) is 0 Å². The quantitative estimate of drug-likeness (QED) is 0.688. The summed E-state index contributed by atoms with van der Waals surface area (Å²) in [4.78, 5) is 22.1. The SMILES string of the molecule is O=C(O)c1cc(Br)ccc1C(=O)CBr. The molecule has 74 valence electrons. The van der Waals surface area contributed by atoms with Crippen molar-refractivity contribution >= 4 is 43.6 Å². The highest BCUT2D eigenvalue weighted by Gasteiger charge is 2.15. The van der Waals surface area contributed by atoms with Gasteiger partial charge < -0.3 is 5.11 Å². The van der Waals surface area contributed by atoms with E-state index in [1.807, 2.05) is 0 Å². The zero-order chi connectivity index (χ0) is 10.7. The first-order chi connectivity index (χ1) is 6.56. The number of aromatic carboxylic acids is 1. The van der Waals surface area contributed by atoms with Gasteiger partial charge in [-0.1, -0.05) is 31.9 Å². The van der Waals surface area contributed by atoms with Crippen LogP contribution in [0.3, 0.4) is 0 Å². The van der Waals surface area contributed by atoms with Gasteiger partial charge in [-0.05, 0) is 18.2 Å². The Bertz CT molecular complexity index is 388. The number of hydrogen-bond acceptors (Lipinski definition) is 2. The molecule has 1 aromatic carbocycles. The summed E-state index contributed by atoms with van der Waals surface area (Å²) in [5, 5.41) is 8.97. The molecule has 1 rings (SSSR count). The van der Waals surface area contributed by atoms with Crippen LogP contribution < -0.4 is 0 Å². The van der Waals surface area contributed by atoms with Gasteiger partial charge in [0.1, 0.15) is 0 Å². The fourth-order valence-corrected chi connectivity index (χ4v) is 1.67. The summed E-state index contributed by atoms with van der Waals surface area (Å²) in [6.07, 6.45) is 0. The summed E-state index contributed by atoms with van der Waals surface area (Å²) >= 11 is 6.15. The van der Waals surface area contributed by atoms with E-state index in [2.05, 4.69) is 31.9 Å². The molecule has 1 aromatic rings. The minimum atomic E-state index is -1.10. The number of carbonyl (C=O) groups is 2. The predicted molar refractivity (Wildman–Crippen MR) is 59.2 cm³/mol. The summed E-state index contributed by atoms with van der Waals surface area (Å²) in [7, 11) is 0. The summed E-state index contributed by atoms with van der Waals surface area (Å²) in [6.45, 7) is 0. The predicted octanol–water partition coefficient (Wildman–Crippen LogP) is 2.72. The maximum atomic E-state index is 11.3. The van der Waals surface area contributed by atoms with E-state index >= 15 is 0 Å². The van der Waals surface area contributed by atoms with Crippen molar-refractivity contribution in [3.05, 3.63) is 33.8 Å². The molecule has 0 aliphatic heterocycles. The molecule has 0 bridgehead atoms. The number of carboxylic acid groups (broad SMARTS) is 1. The van der Waals surface area contributed by atoms with Crippen LogP contribution in [0.5, 0.6) is 0 Å². The molecule has 0 spiro atoms. The van der Waals surface area contributed by atoms with Crippen LogP contribution in [0.4, 0.5) is 0 Å². The summed E-state index contributed by atoms with van der Waals surface area (Å²) in [5.74, 6) is -1.34. The Balaban J connectivity index is 3.28. The van der Waals surface area contributed by atoms with Crippen molar-refractivity contribution in [1.82, 2.24) is 0 Å². The molecule has 3 nitrogen and oxygen atoms in total. The molecule has 0 heterocycles. The largest absolute Gasteiger partial charge is 0.478 e. The Hall–Kier alpha value is -0.680. The third-order valence-corrected chi connectivity index (χ3v) is 2.64. The molecular formula is C9H6Br2O3. The number of ketones is 1. The van der Waals surface area contributed by atoms with Gasteiger partial charge in [0.25, 0.3) is 0 Å². The topological polar surface area (TPSA) is 54.4 Å². The van der Waals surface area contributed by atoms with Crippen LogP contribution in [0.1, 0.15) is 20.7 Å². The van der Waals surface area contributed by atoms with Crippen molar-refractivity contribution < 1.29 is 14.7 Å². The van der Waals surface area contributed by atoms with Gasteiger partial charge >= 0.3 is 5.97 Å². The second-order valence-corrected chi connectivity index (χ2v) is 4.03. The van der Waals surface area contributed by atoms with Gasteiger partial charge in [0.05, 0.1) is 10.9 Å². The first kappa shape index (κ1) is 11.4. The number of carbonyl (C=O) groups excluding carboxylic acids is 1. The lowest BCUT2D eigenvalue weighted by Crippen LogP contribution is -2.09. The number of hydrogen-bond donors (Lipinski definition) is 1. The Morgan fingerprint density at radius 1 is 1.29 bits per heavy atom. The highest BCUT2D eigenvalue weighted by Crippen LogP contribution is 2.17. The minimum absolute atomic E-state index is 0.0174. The van der Waals surface area contributed by atoms with Gasteiger partial charge in [0, 0.05) is 10.0 Å². The van der Waals surface area contributed by atoms with Crippen molar-refractivity contribution in [2.45, 2.75) is 0 Å². The average Bonchev–Trinajstić information content (AvgIpc) is 2.16. The smallest absolute Gasteiger partial charge is 0.336 e. The van der Waals surface area contributed by atoms with E-state index in [1.54, 1.807) is 6.07 Å². The lowest BCUT2D eigenvalue weighted by molar-refractivity contribution is 0.0692. The van der Waals surface area contributed by atoms with E-state index in [0.717, 1.165) is 0 Å². The number of Topliss-reactive ketones (excluding diaryl/α,β-unsaturated/α-hetero) is 1. The molecule has 0 aromatic heterocycles. The molecule has 0 amide bonds. The highest BCUT2D eigenvalue weighted by atomic mass is 79.9. The number of carboxylic acids is 1. The molecular weight excluding hydrogens is 316 g/mol. The van der Waals surface area contributed by atoms with Crippen molar-refractivity contribution in [2.24, 2.45) is 0 Å². The molecule has 5 heteroatoms. The van der Waals surface area contributed by atoms with Crippen molar-refractivity contribution in [3.63, 3.8) is 0 Å². The van der Waals surface area contributed by atoms with E-state index in [1.165, 1.54) is 12.1 Å². The summed E-state index contributed by atoms with van der Waals surface area (Å²) in [6, 6.07) is 4.55.